The van der Waals surface area contributed by atoms with Crippen LogP contribution in [0.15, 0.2) is 0 Å². The Morgan fingerprint density at radius 3 is 2.11 bits per heavy atom. The molecule has 0 bridgehead atoms. The summed E-state index contributed by atoms with van der Waals surface area (Å²) in [5.41, 5.74) is 0. The number of nitrogens with zero attached hydrogens (tertiary/aromatic N) is 2. The van der Waals surface area contributed by atoms with Gasteiger partial charge in [-0.1, -0.05) is 0 Å². The Balaban J connectivity index is 3.63. The Kier molecular flexibility index (Phi) is 2.24. The van der Waals surface area contributed by atoms with Gasteiger partial charge < -0.3 is 0 Å². The van der Waals surface area contributed by atoms with Crippen LogP contribution in [0.25, 0.3) is 0 Å². The first kappa shape index (κ1) is 8.00. The average molecular weight is 142 g/mol. The van der Waals surface area contributed by atoms with Crippen molar-refractivity contribution in [3.63, 3.8) is 0 Å². The van der Waals surface area contributed by atoms with Crippen molar-refractivity contribution >= 4 is 0 Å². The third-order valence-corrected chi connectivity index (χ3v) is 0.276. The lowest BCUT2D eigenvalue weighted by Crippen LogP contribution is -2.24. The van der Waals surface area contributed by atoms with Gasteiger partial charge in [0.2, 0.25) is 6.19 Å². The van der Waals surface area contributed by atoms with Crippen molar-refractivity contribution < 1.29 is 23.2 Å². The van der Waals surface area contributed by atoms with Crippen molar-refractivity contribution in [2.75, 3.05) is 0 Å². The second kappa shape index (κ2) is 2.52. The molecular weight excluding hydrogens is 141 g/mol. The van der Waals surface area contributed by atoms with Crippen LogP contribution in [0, 0.1) is 11.5 Å². The molecule has 4 nitrogen and oxygen atoms in total. The highest BCUT2D eigenvalue weighted by Gasteiger charge is 2.33. The van der Waals surface area contributed by atoms with Crippen molar-refractivity contribution in [1.29, 1.82) is 5.26 Å². The molecule has 7 heteroatoms. The van der Waals surface area contributed by atoms with Gasteiger partial charge in [0.15, 0.2) is 0 Å². The van der Waals surface area contributed by atoms with Gasteiger partial charge in [-0.15, -0.1) is 18.0 Å². The first-order valence-corrected chi connectivity index (χ1v) is 1.60. The van der Waals surface area contributed by atoms with Crippen molar-refractivity contribution in [2.24, 2.45) is 0 Å². The van der Waals surface area contributed by atoms with Crippen molar-refractivity contribution in [3.8, 4) is 6.19 Å². The quantitative estimate of drug-likeness (QED) is 0.331. The molecule has 0 aliphatic rings. The number of alkyl halides is 3. The zero-order valence-corrected chi connectivity index (χ0v) is 3.88. The molecule has 0 aromatic rings. The topological polar surface area (TPSA) is 56.5 Å². The van der Waals surface area contributed by atoms with Gasteiger partial charge in [-0.25, -0.2) is 0 Å². The highest BCUT2D eigenvalue weighted by atomic mass is 19.4. The molecule has 0 spiro atoms. The van der Waals surface area contributed by atoms with Gasteiger partial charge in [-0.3, -0.25) is 5.21 Å². The fourth-order valence-electron chi connectivity index (χ4n) is 0.118. The maximum atomic E-state index is 10.9. The number of hydroxylamine groups is 2. The second-order valence-electron chi connectivity index (χ2n) is 0.910. The fourth-order valence-corrected chi connectivity index (χ4v) is 0.118. The van der Waals surface area contributed by atoms with Gasteiger partial charge in [-0.05, 0) is 5.23 Å². The van der Waals surface area contributed by atoms with Crippen LogP contribution in [0.1, 0.15) is 0 Å². The maximum absolute atomic E-state index is 10.9. The van der Waals surface area contributed by atoms with E-state index < -0.39 is 11.6 Å². The molecule has 0 aromatic heterocycles. The van der Waals surface area contributed by atoms with E-state index in [-0.39, 0.29) is 0 Å². The van der Waals surface area contributed by atoms with Gasteiger partial charge in [-0.2, -0.15) is 5.26 Å². The summed E-state index contributed by atoms with van der Waals surface area (Å²) in [5.74, 6) is 0. The number of rotatable bonds is 1. The molecule has 9 heavy (non-hydrogen) atoms. The molecule has 0 fully saturated rings. The number of hydrogen-bond donors (Lipinski definition) is 1. The van der Waals surface area contributed by atoms with Crippen LogP contribution in [0.3, 0.4) is 0 Å². The Hall–Kier alpha value is -1.00. The Morgan fingerprint density at radius 2 is 2.00 bits per heavy atom. The standard InChI is InChI=1S/C2HF3N2O2/c3-2(4,5)9-7(8)1-6/h8H. The Labute approximate surface area is 47.6 Å². The first-order chi connectivity index (χ1) is 3.95. The zero-order chi connectivity index (χ0) is 7.49. The minimum absolute atomic E-state index is 0.668. The minimum atomic E-state index is -5.02. The highest BCUT2D eigenvalue weighted by Crippen LogP contribution is 2.16. The first-order valence-electron chi connectivity index (χ1n) is 1.60. The van der Waals surface area contributed by atoms with E-state index in [4.69, 9.17) is 10.5 Å². The van der Waals surface area contributed by atoms with Gasteiger partial charge in [0.1, 0.15) is 0 Å². The molecule has 0 amide bonds. The van der Waals surface area contributed by atoms with Crippen LogP contribution in [-0.4, -0.2) is 16.8 Å². The Bertz CT molecular complexity index is 127. The van der Waals surface area contributed by atoms with E-state index >= 15 is 0 Å². The molecule has 0 aliphatic carbocycles. The molecule has 0 unspecified atom stereocenters. The third kappa shape index (κ3) is 4.86. The number of nitriles is 1. The van der Waals surface area contributed by atoms with E-state index in [1.807, 2.05) is 0 Å². The van der Waals surface area contributed by atoms with E-state index in [1.54, 1.807) is 0 Å². The summed E-state index contributed by atoms with van der Waals surface area (Å²) in [6.07, 6.45) is -4.36. The summed E-state index contributed by atoms with van der Waals surface area (Å²) in [6.45, 7) is 0. The van der Waals surface area contributed by atoms with Gasteiger partial charge in [0, 0.05) is 0 Å². The number of hydrogen-bond acceptors (Lipinski definition) is 4. The van der Waals surface area contributed by atoms with Crippen LogP contribution >= 0.6 is 0 Å². The maximum Gasteiger partial charge on any atom is 0.546 e. The van der Waals surface area contributed by atoms with Gasteiger partial charge in [0.05, 0.1) is 0 Å². The summed E-state index contributed by atoms with van der Waals surface area (Å²) in [7, 11) is 0. The molecule has 0 saturated carbocycles. The smallest absolute Gasteiger partial charge is 0.254 e. The van der Waals surface area contributed by atoms with E-state index in [2.05, 4.69) is 4.84 Å². The Morgan fingerprint density at radius 1 is 1.56 bits per heavy atom. The predicted octanol–water partition coefficient (Wildman–Crippen LogP) is 0.610. The normalized spacial score (nSPS) is 10.6. The molecule has 0 radical (unpaired) electrons. The molecule has 0 atom stereocenters. The lowest BCUT2D eigenvalue weighted by molar-refractivity contribution is -0.464. The van der Waals surface area contributed by atoms with Crippen molar-refractivity contribution in [3.05, 3.63) is 0 Å². The second-order valence-corrected chi connectivity index (χ2v) is 0.910. The van der Waals surface area contributed by atoms with Crippen molar-refractivity contribution in [2.45, 2.75) is 6.36 Å². The average Bonchev–Trinajstić information content (AvgIpc) is 1.62. The van der Waals surface area contributed by atoms with Crippen LogP contribution < -0.4 is 0 Å². The molecule has 0 heterocycles. The van der Waals surface area contributed by atoms with Crippen LogP contribution in [-0.2, 0) is 4.84 Å². The van der Waals surface area contributed by atoms with E-state index in [9.17, 15) is 13.2 Å². The summed E-state index contributed by atoms with van der Waals surface area (Å²) < 4.78 is 32.8. The monoisotopic (exact) mass is 142 g/mol. The van der Waals surface area contributed by atoms with E-state index in [1.165, 1.54) is 0 Å². The third-order valence-electron chi connectivity index (χ3n) is 0.276. The summed E-state index contributed by atoms with van der Waals surface area (Å²) in [4.78, 5) is 2.61. The SMILES string of the molecule is N#CN(O)OC(F)(F)F. The largest absolute Gasteiger partial charge is 0.546 e. The zero-order valence-electron chi connectivity index (χ0n) is 3.88. The summed E-state index contributed by atoms with van der Waals surface area (Å²) in [5, 5.41) is 14.2. The summed E-state index contributed by atoms with van der Waals surface area (Å²) >= 11 is 0. The highest BCUT2D eigenvalue weighted by molar-refractivity contribution is 4.52. The summed E-state index contributed by atoms with van der Waals surface area (Å²) in [6, 6.07) is 0. The molecular formula is C2HF3N2O2. The number of halogens is 3. The van der Waals surface area contributed by atoms with Crippen LogP contribution in [0.2, 0.25) is 0 Å². The van der Waals surface area contributed by atoms with Crippen LogP contribution in [0.4, 0.5) is 13.2 Å². The molecule has 0 aromatic carbocycles. The van der Waals surface area contributed by atoms with Crippen LogP contribution in [0.5, 0.6) is 0 Å². The van der Waals surface area contributed by atoms with Gasteiger partial charge >= 0.3 is 6.36 Å². The lowest BCUT2D eigenvalue weighted by atomic mass is 11.3. The molecule has 1 N–H and O–H groups in total. The molecule has 0 aliphatic heterocycles. The molecule has 0 rings (SSSR count). The fraction of sp³-hybridized carbons (Fsp3) is 0.500. The molecule has 0 saturated heterocycles. The van der Waals surface area contributed by atoms with E-state index in [0.717, 1.165) is 0 Å². The molecule has 52 valence electrons. The van der Waals surface area contributed by atoms with Gasteiger partial charge in [0.25, 0.3) is 0 Å². The van der Waals surface area contributed by atoms with E-state index in [0.29, 0.717) is 6.19 Å². The predicted molar refractivity (Wildman–Crippen MR) is 16.4 cm³/mol. The minimum Gasteiger partial charge on any atom is -0.254 e. The lowest BCUT2D eigenvalue weighted by Gasteiger charge is -2.07. The van der Waals surface area contributed by atoms with Crippen molar-refractivity contribution in [1.82, 2.24) is 5.23 Å².